The lowest BCUT2D eigenvalue weighted by Crippen LogP contribution is -2.36. The molecule has 0 saturated carbocycles. The van der Waals surface area contributed by atoms with E-state index >= 15 is 0 Å². The zero-order valence-corrected chi connectivity index (χ0v) is 13.4. The van der Waals surface area contributed by atoms with Gasteiger partial charge in [-0.2, -0.15) is 0 Å². The minimum Gasteiger partial charge on any atom is -0.394 e. The average molecular weight is 316 g/mol. The van der Waals surface area contributed by atoms with Gasteiger partial charge in [0, 0.05) is 31.4 Å². The minimum atomic E-state index is -0.0177. The molecule has 0 radical (unpaired) electrons. The lowest BCUT2D eigenvalue weighted by atomic mass is 10.1. The summed E-state index contributed by atoms with van der Waals surface area (Å²) >= 11 is 0. The Kier molecular flexibility index (Phi) is 5.31. The van der Waals surface area contributed by atoms with Gasteiger partial charge in [0.05, 0.1) is 25.9 Å². The van der Waals surface area contributed by atoms with Crippen LogP contribution in [0.15, 0.2) is 30.3 Å². The molecular formula is C18H24N2O3. The van der Waals surface area contributed by atoms with Gasteiger partial charge in [-0.05, 0) is 36.6 Å². The molecular weight excluding hydrogens is 292 g/mol. The van der Waals surface area contributed by atoms with Crippen molar-refractivity contribution in [1.29, 1.82) is 0 Å². The predicted molar refractivity (Wildman–Crippen MR) is 90.3 cm³/mol. The number of hydrogen-bond acceptors (Lipinski definition) is 4. The van der Waals surface area contributed by atoms with Gasteiger partial charge in [0.2, 0.25) is 5.91 Å². The molecule has 124 valence electrons. The van der Waals surface area contributed by atoms with E-state index in [0.717, 1.165) is 51.3 Å². The van der Waals surface area contributed by atoms with E-state index in [1.54, 1.807) is 11.0 Å². The number of hydrogen-bond donors (Lipinski definition) is 1. The van der Waals surface area contributed by atoms with E-state index in [4.69, 9.17) is 4.74 Å². The maximum atomic E-state index is 12.2. The van der Waals surface area contributed by atoms with E-state index in [9.17, 15) is 9.90 Å². The van der Waals surface area contributed by atoms with Gasteiger partial charge in [-0.3, -0.25) is 4.79 Å². The van der Waals surface area contributed by atoms with Crippen molar-refractivity contribution in [1.82, 2.24) is 4.90 Å². The van der Waals surface area contributed by atoms with Gasteiger partial charge in [0.25, 0.3) is 0 Å². The fraction of sp³-hybridized carbons (Fsp3) is 0.500. The number of benzene rings is 1. The van der Waals surface area contributed by atoms with Crippen LogP contribution >= 0.6 is 0 Å². The highest BCUT2D eigenvalue weighted by Crippen LogP contribution is 2.19. The summed E-state index contributed by atoms with van der Waals surface area (Å²) in [5.74, 6) is -0.0150. The Morgan fingerprint density at radius 1 is 1.22 bits per heavy atom. The van der Waals surface area contributed by atoms with Crippen molar-refractivity contribution in [3.05, 3.63) is 35.9 Å². The van der Waals surface area contributed by atoms with Gasteiger partial charge in [0.15, 0.2) is 0 Å². The van der Waals surface area contributed by atoms with Crippen molar-refractivity contribution in [3.63, 3.8) is 0 Å². The first-order chi connectivity index (χ1) is 11.3. The molecule has 2 saturated heterocycles. The smallest absolute Gasteiger partial charge is 0.246 e. The second-order valence-electron chi connectivity index (χ2n) is 6.03. The number of carbonyl (C=O) groups excluding carboxylic acids is 1. The van der Waals surface area contributed by atoms with Crippen LogP contribution < -0.4 is 4.90 Å². The van der Waals surface area contributed by atoms with Crippen LogP contribution in [0.25, 0.3) is 6.08 Å². The third-order valence-electron chi connectivity index (χ3n) is 4.56. The van der Waals surface area contributed by atoms with Crippen molar-refractivity contribution in [3.8, 4) is 0 Å². The number of anilines is 1. The van der Waals surface area contributed by atoms with E-state index in [2.05, 4.69) is 17.0 Å². The number of morpholine rings is 1. The molecule has 2 aliphatic rings. The van der Waals surface area contributed by atoms with E-state index in [1.165, 1.54) is 5.69 Å². The third-order valence-corrected chi connectivity index (χ3v) is 4.56. The predicted octanol–water partition coefficient (Wildman–Crippen LogP) is 1.52. The van der Waals surface area contributed by atoms with Crippen LogP contribution in [0.1, 0.15) is 18.4 Å². The van der Waals surface area contributed by atoms with Crippen molar-refractivity contribution >= 4 is 17.7 Å². The summed E-state index contributed by atoms with van der Waals surface area (Å²) in [6.45, 7) is 4.19. The molecule has 0 spiro atoms. The van der Waals surface area contributed by atoms with Crippen molar-refractivity contribution in [2.45, 2.75) is 18.9 Å². The Morgan fingerprint density at radius 2 is 1.96 bits per heavy atom. The van der Waals surface area contributed by atoms with Crippen molar-refractivity contribution in [2.75, 3.05) is 44.4 Å². The van der Waals surface area contributed by atoms with Gasteiger partial charge < -0.3 is 19.6 Å². The number of rotatable bonds is 4. The molecule has 0 aromatic heterocycles. The van der Waals surface area contributed by atoms with Crippen LogP contribution in [0, 0.1) is 0 Å². The molecule has 0 unspecified atom stereocenters. The largest absolute Gasteiger partial charge is 0.394 e. The molecule has 1 aromatic carbocycles. The number of ether oxygens (including phenoxy) is 1. The quantitative estimate of drug-likeness (QED) is 0.856. The molecule has 1 amide bonds. The first-order valence-corrected chi connectivity index (χ1v) is 8.30. The molecule has 1 aromatic rings. The fourth-order valence-corrected chi connectivity index (χ4v) is 3.20. The van der Waals surface area contributed by atoms with Crippen LogP contribution in [0.5, 0.6) is 0 Å². The number of carbonyl (C=O) groups is 1. The van der Waals surface area contributed by atoms with Crippen LogP contribution in [0.3, 0.4) is 0 Å². The molecule has 2 heterocycles. The summed E-state index contributed by atoms with van der Waals surface area (Å²) in [4.78, 5) is 16.3. The maximum Gasteiger partial charge on any atom is 0.246 e. The number of likely N-dealkylation sites (tertiary alicyclic amines) is 1. The third kappa shape index (κ3) is 3.92. The Labute approximate surface area is 137 Å². The highest BCUT2D eigenvalue weighted by atomic mass is 16.5. The van der Waals surface area contributed by atoms with Crippen LogP contribution in [-0.2, 0) is 9.53 Å². The van der Waals surface area contributed by atoms with E-state index in [1.807, 2.05) is 18.2 Å². The number of aliphatic hydroxyl groups excluding tert-OH is 1. The zero-order valence-electron chi connectivity index (χ0n) is 13.4. The molecule has 1 N–H and O–H groups in total. The van der Waals surface area contributed by atoms with Crippen LogP contribution in [0.2, 0.25) is 0 Å². The van der Waals surface area contributed by atoms with Crippen LogP contribution in [0.4, 0.5) is 5.69 Å². The topological polar surface area (TPSA) is 53.0 Å². The highest BCUT2D eigenvalue weighted by Gasteiger charge is 2.26. The molecule has 23 heavy (non-hydrogen) atoms. The molecule has 3 rings (SSSR count). The van der Waals surface area contributed by atoms with Crippen LogP contribution in [-0.4, -0.2) is 61.4 Å². The lowest BCUT2D eigenvalue weighted by molar-refractivity contribution is -0.127. The Hall–Kier alpha value is -1.85. The van der Waals surface area contributed by atoms with Gasteiger partial charge in [0.1, 0.15) is 0 Å². The first-order valence-electron chi connectivity index (χ1n) is 8.30. The second-order valence-corrected chi connectivity index (χ2v) is 6.03. The molecule has 1 atom stereocenters. The Morgan fingerprint density at radius 3 is 2.65 bits per heavy atom. The SMILES string of the molecule is O=C(/C=C/c1ccc(N2CCOCC2)cc1)N1CCC[C@H]1CO. The lowest BCUT2D eigenvalue weighted by Gasteiger charge is -2.28. The maximum absolute atomic E-state index is 12.2. The molecule has 0 bridgehead atoms. The molecule has 5 nitrogen and oxygen atoms in total. The minimum absolute atomic E-state index is 0.0150. The number of nitrogens with zero attached hydrogens (tertiary/aromatic N) is 2. The number of amides is 1. The molecule has 2 fully saturated rings. The van der Waals surface area contributed by atoms with Gasteiger partial charge in [-0.1, -0.05) is 12.1 Å². The highest BCUT2D eigenvalue weighted by molar-refractivity contribution is 5.92. The zero-order chi connectivity index (χ0) is 16.1. The molecule has 0 aliphatic carbocycles. The Bertz CT molecular complexity index is 550. The van der Waals surface area contributed by atoms with E-state index in [0.29, 0.717) is 0 Å². The summed E-state index contributed by atoms with van der Waals surface area (Å²) in [7, 11) is 0. The van der Waals surface area contributed by atoms with Gasteiger partial charge in [-0.15, -0.1) is 0 Å². The first kappa shape index (κ1) is 16.0. The Balaban J connectivity index is 1.60. The van der Waals surface area contributed by atoms with Crippen molar-refractivity contribution in [2.24, 2.45) is 0 Å². The van der Waals surface area contributed by atoms with Gasteiger partial charge >= 0.3 is 0 Å². The molecule has 5 heteroatoms. The monoisotopic (exact) mass is 316 g/mol. The second kappa shape index (κ2) is 7.62. The summed E-state index contributed by atoms with van der Waals surface area (Å²) in [6.07, 6.45) is 5.32. The van der Waals surface area contributed by atoms with E-state index < -0.39 is 0 Å². The summed E-state index contributed by atoms with van der Waals surface area (Å²) in [5, 5.41) is 9.29. The van der Waals surface area contributed by atoms with Crippen molar-refractivity contribution < 1.29 is 14.6 Å². The average Bonchev–Trinajstić information content (AvgIpc) is 3.10. The molecule has 2 aliphatic heterocycles. The van der Waals surface area contributed by atoms with E-state index in [-0.39, 0.29) is 18.6 Å². The summed E-state index contributed by atoms with van der Waals surface area (Å²) < 4.78 is 5.36. The van der Waals surface area contributed by atoms with Gasteiger partial charge in [-0.25, -0.2) is 0 Å². The number of aliphatic hydroxyl groups is 1. The fourth-order valence-electron chi connectivity index (χ4n) is 3.20. The summed E-state index contributed by atoms with van der Waals surface area (Å²) in [6, 6.07) is 8.21. The normalized spacial score (nSPS) is 22.0. The standard InChI is InChI=1S/C18H24N2O3/c21-14-17-2-1-9-20(17)18(22)8-5-15-3-6-16(7-4-15)19-10-12-23-13-11-19/h3-8,17,21H,1-2,9-14H2/b8-5+/t17-/m0/s1. The summed E-state index contributed by atoms with van der Waals surface area (Å²) in [5.41, 5.74) is 2.20.